The van der Waals surface area contributed by atoms with Gasteiger partial charge in [0.2, 0.25) is 5.91 Å². The smallest absolute Gasteiger partial charge is 0.327 e. The Balaban J connectivity index is 2.13. The Kier molecular flexibility index (Phi) is 4.17. The molecule has 2 aliphatic rings. The predicted octanol–water partition coefficient (Wildman–Crippen LogP) is 0.736. The Labute approximate surface area is 111 Å². The van der Waals surface area contributed by atoms with Crippen molar-refractivity contribution in [2.75, 3.05) is 12.3 Å². The van der Waals surface area contributed by atoms with Gasteiger partial charge in [0.25, 0.3) is 0 Å². The molecular formula is C12H20N2O3S. The highest BCUT2D eigenvalue weighted by Crippen LogP contribution is 2.37. The van der Waals surface area contributed by atoms with Gasteiger partial charge in [-0.05, 0) is 32.2 Å². The first-order valence-corrected chi connectivity index (χ1v) is 7.47. The molecule has 102 valence electrons. The average Bonchev–Trinajstić information content (AvgIpc) is 2.93. The van der Waals surface area contributed by atoms with Gasteiger partial charge in [0, 0.05) is 11.7 Å². The molecule has 0 aromatic carbocycles. The van der Waals surface area contributed by atoms with Crippen molar-refractivity contribution < 1.29 is 14.7 Å². The molecule has 1 amide bonds. The number of nitrogens with two attached hydrogens (primary N) is 1. The third-order valence-corrected chi connectivity index (χ3v) is 5.26. The second-order valence-electron chi connectivity index (χ2n) is 5.07. The molecule has 18 heavy (non-hydrogen) atoms. The van der Waals surface area contributed by atoms with Crippen molar-refractivity contribution in [1.29, 1.82) is 0 Å². The molecule has 1 saturated heterocycles. The lowest BCUT2D eigenvalue weighted by molar-refractivity contribution is -0.151. The molecule has 2 fully saturated rings. The van der Waals surface area contributed by atoms with Crippen LogP contribution in [-0.4, -0.2) is 45.6 Å². The van der Waals surface area contributed by atoms with E-state index in [1.807, 2.05) is 6.92 Å². The summed E-state index contributed by atoms with van der Waals surface area (Å²) in [4.78, 5) is 25.3. The number of thioether (sulfide) groups is 1. The van der Waals surface area contributed by atoms with Crippen LogP contribution in [0, 0.1) is 11.8 Å². The minimum Gasteiger partial charge on any atom is -0.480 e. The average molecular weight is 272 g/mol. The van der Waals surface area contributed by atoms with E-state index in [4.69, 9.17) is 5.73 Å². The van der Waals surface area contributed by atoms with Crippen molar-refractivity contribution in [3.8, 4) is 0 Å². The molecule has 1 heterocycles. The highest BCUT2D eigenvalue weighted by molar-refractivity contribution is 8.00. The number of nitrogens with zero attached hydrogens (tertiary/aromatic N) is 1. The van der Waals surface area contributed by atoms with E-state index >= 15 is 0 Å². The maximum Gasteiger partial charge on any atom is 0.327 e. The fourth-order valence-electron chi connectivity index (χ4n) is 3.00. The number of carboxylic acid groups (broad SMARTS) is 1. The molecule has 4 unspecified atom stereocenters. The van der Waals surface area contributed by atoms with Crippen LogP contribution in [0.4, 0.5) is 0 Å². The Bertz CT molecular complexity index is 350. The van der Waals surface area contributed by atoms with Crippen LogP contribution >= 0.6 is 11.8 Å². The lowest BCUT2D eigenvalue weighted by atomic mass is 9.94. The molecule has 2 rings (SSSR count). The van der Waals surface area contributed by atoms with Crippen molar-refractivity contribution in [2.24, 2.45) is 17.6 Å². The highest BCUT2D eigenvalue weighted by atomic mass is 32.2. The molecule has 0 aromatic heterocycles. The van der Waals surface area contributed by atoms with Gasteiger partial charge < -0.3 is 15.7 Å². The number of hydrogen-bond donors (Lipinski definition) is 2. The normalized spacial score (nSPS) is 36.0. The minimum absolute atomic E-state index is 0.00662. The van der Waals surface area contributed by atoms with E-state index in [-0.39, 0.29) is 23.1 Å². The van der Waals surface area contributed by atoms with Crippen molar-refractivity contribution in [3.05, 3.63) is 0 Å². The molecule has 5 nitrogen and oxygen atoms in total. The Morgan fingerprint density at radius 1 is 1.44 bits per heavy atom. The van der Waals surface area contributed by atoms with E-state index in [0.717, 1.165) is 19.3 Å². The van der Waals surface area contributed by atoms with Crippen LogP contribution in [0.1, 0.15) is 26.2 Å². The maximum atomic E-state index is 12.5. The summed E-state index contributed by atoms with van der Waals surface area (Å²) in [5, 5.41) is 9.14. The van der Waals surface area contributed by atoms with Crippen LogP contribution < -0.4 is 5.73 Å². The zero-order valence-corrected chi connectivity index (χ0v) is 11.4. The Hall–Kier alpha value is -0.750. The quantitative estimate of drug-likeness (QED) is 0.791. The fourth-order valence-corrected chi connectivity index (χ4v) is 4.18. The molecule has 1 aliphatic carbocycles. The van der Waals surface area contributed by atoms with Gasteiger partial charge in [-0.3, -0.25) is 4.79 Å². The van der Waals surface area contributed by atoms with Crippen LogP contribution in [0.2, 0.25) is 0 Å². The summed E-state index contributed by atoms with van der Waals surface area (Å²) in [5.74, 6) is -0.263. The third-order valence-electron chi connectivity index (χ3n) is 4.04. The maximum absolute atomic E-state index is 12.5. The molecule has 4 atom stereocenters. The second kappa shape index (κ2) is 5.48. The van der Waals surface area contributed by atoms with Gasteiger partial charge in [-0.1, -0.05) is 6.42 Å². The van der Waals surface area contributed by atoms with Crippen LogP contribution in [0.15, 0.2) is 0 Å². The zero-order chi connectivity index (χ0) is 13.3. The summed E-state index contributed by atoms with van der Waals surface area (Å²) in [6.07, 6.45) is 2.85. The summed E-state index contributed by atoms with van der Waals surface area (Å²) in [5.41, 5.74) is 5.70. The SMILES string of the molecule is CC1SCC(C(=O)O)N1C(=O)C1CCCC1CN. The van der Waals surface area contributed by atoms with Gasteiger partial charge >= 0.3 is 5.97 Å². The lowest BCUT2D eigenvalue weighted by Gasteiger charge is -2.29. The highest BCUT2D eigenvalue weighted by Gasteiger charge is 2.44. The third kappa shape index (κ3) is 2.36. The fraction of sp³-hybridized carbons (Fsp3) is 0.833. The molecule has 0 spiro atoms. The first-order chi connectivity index (χ1) is 8.56. The number of carbonyl (C=O) groups excluding carboxylic acids is 1. The molecule has 6 heteroatoms. The molecule has 0 aromatic rings. The van der Waals surface area contributed by atoms with Gasteiger partial charge in [0.1, 0.15) is 6.04 Å². The Morgan fingerprint density at radius 2 is 2.17 bits per heavy atom. The van der Waals surface area contributed by atoms with Crippen LogP contribution in [0.25, 0.3) is 0 Å². The summed E-state index contributed by atoms with van der Waals surface area (Å²) >= 11 is 1.53. The number of hydrogen-bond acceptors (Lipinski definition) is 4. The van der Waals surface area contributed by atoms with Gasteiger partial charge in [-0.2, -0.15) is 0 Å². The van der Waals surface area contributed by atoms with E-state index in [2.05, 4.69) is 0 Å². The van der Waals surface area contributed by atoms with Gasteiger partial charge in [0.05, 0.1) is 5.37 Å². The van der Waals surface area contributed by atoms with Crippen LogP contribution in [-0.2, 0) is 9.59 Å². The number of amides is 1. The molecule has 1 aliphatic heterocycles. The molecule has 0 radical (unpaired) electrons. The molecular weight excluding hydrogens is 252 g/mol. The van der Waals surface area contributed by atoms with E-state index < -0.39 is 12.0 Å². The van der Waals surface area contributed by atoms with Gasteiger partial charge in [0.15, 0.2) is 0 Å². The van der Waals surface area contributed by atoms with Crippen molar-refractivity contribution in [3.63, 3.8) is 0 Å². The summed E-state index contributed by atoms with van der Waals surface area (Å²) in [6, 6.07) is -0.670. The van der Waals surface area contributed by atoms with Crippen molar-refractivity contribution >= 4 is 23.6 Å². The Morgan fingerprint density at radius 3 is 2.78 bits per heavy atom. The second-order valence-corrected chi connectivity index (χ2v) is 6.41. The zero-order valence-electron chi connectivity index (χ0n) is 10.5. The summed E-state index contributed by atoms with van der Waals surface area (Å²) < 4.78 is 0. The molecule has 3 N–H and O–H groups in total. The predicted molar refractivity (Wildman–Crippen MR) is 70.1 cm³/mol. The molecule has 1 saturated carbocycles. The first kappa shape index (κ1) is 13.7. The van der Waals surface area contributed by atoms with E-state index in [0.29, 0.717) is 12.3 Å². The standard InChI is InChI=1S/C12H20N2O3S/c1-7-14(10(6-18-7)12(16)17)11(15)9-4-2-3-8(9)5-13/h7-10H,2-6,13H2,1H3,(H,16,17). The van der Waals surface area contributed by atoms with Crippen LogP contribution in [0.5, 0.6) is 0 Å². The summed E-state index contributed by atoms with van der Waals surface area (Å²) in [6.45, 7) is 2.42. The molecule has 0 bridgehead atoms. The number of rotatable bonds is 3. The van der Waals surface area contributed by atoms with Crippen molar-refractivity contribution in [2.45, 2.75) is 37.6 Å². The van der Waals surface area contributed by atoms with E-state index in [1.54, 1.807) is 4.90 Å². The van der Waals surface area contributed by atoms with Crippen molar-refractivity contribution in [1.82, 2.24) is 4.90 Å². The van der Waals surface area contributed by atoms with E-state index in [9.17, 15) is 14.7 Å². The largest absolute Gasteiger partial charge is 0.480 e. The minimum atomic E-state index is -0.900. The lowest BCUT2D eigenvalue weighted by Crippen LogP contribution is -2.48. The van der Waals surface area contributed by atoms with E-state index in [1.165, 1.54) is 11.8 Å². The summed E-state index contributed by atoms with van der Waals surface area (Å²) in [7, 11) is 0. The number of carbonyl (C=O) groups is 2. The number of aliphatic carboxylic acids is 1. The van der Waals surface area contributed by atoms with Crippen LogP contribution in [0.3, 0.4) is 0 Å². The number of carboxylic acids is 1. The van der Waals surface area contributed by atoms with Gasteiger partial charge in [-0.25, -0.2) is 4.79 Å². The van der Waals surface area contributed by atoms with Gasteiger partial charge in [-0.15, -0.1) is 11.8 Å². The monoisotopic (exact) mass is 272 g/mol. The topological polar surface area (TPSA) is 83.6 Å². The first-order valence-electron chi connectivity index (χ1n) is 6.43.